The van der Waals surface area contributed by atoms with Crippen molar-refractivity contribution in [2.24, 2.45) is 5.92 Å². The summed E-state index contributed by atoms with van der Waals surface area (Å²) >= 11 is 0. The van der Waals surface area contributed by atoms with E-state index in [9.17, 15) is 0 Å². The van der Waals surface area contributed by atoms with Gasteiger partial charge in [0.15, 0.2) is 0 Å². The summed E-state index contributed by atoms with van der Waals surface area (Å²) in [5.74, 6) is 0.766. The first-order chi connectivity index (χ1) is 7.93. The highest BCUT2D eigenvalue weighted by Crippen LogP contribution is 2.39. The molecular formula is C15H30N2. The van der Waals surface area contributed by atoms with Crippen LogP contribution in [0.4, 0.5) is 0 Å². The minimum atomic E-state index is 0.694. The topological polar surface area (TPSA) is 6.48 Å². The third-order valence-corrected chi connectivity index (χ3v) is 4.74. The molecule has 100 valence electrons. The Kier molecular flexibility index (Phi) is 3.84. The average Bonchev–Trinajstić information content (AvgIpc) is 2.52. The van der Waals surface area contributed by atoms with Crippen LogP contribution in [-0.2, 0) is 0 Å². The smallest absolute Gasteiger partial charge is 0.0278 e. The predicted molar refractivity (Wildman–Crippen MR) is 74.3 cm³/mol. The van der Waals surface area contributed by atoms with Crippen LogP contribution in [0.15, 0.2) is 0 Å². The second-order valence-electron chi connectivity index (χ2n) is 6.86. The standard InChI is InChI=1S/C15H30N2/c1-10(2)15-14-8-7-13(17(14)12(5)6)9-16(15)11(3)4/h10-15H,7-9H2,1-6H3/t13-,14+,15?/m0/s1. The van der Waals surface area contributed by atoms with Gasteiger partial charge in [0.05, 0.1) is 0 Å². The van der Waals surface area contributed by atoms with Crippen molar-refractivity contribution in [3.8, 4) is 0 Å². The fourth-order valence-electron chi connectivity index (χ4n) is 4.24. The van der Waals surface area contributed by atoms with Crippen LogP contribution < -0.4 is 0 Å². The van der Waals surface area contributed by atoms with Crippen LogP contribution in [0.2, 0.25) is 0 Å². The molecule has 2 rings (SSSR count). The molecular weight excluding hydrogens is 208 g/mol. The molecule has 0 aromatic carbocycles. The lowest BCUT2D eigenvalue weighted by Crippen LogP contribution is -2.64. The number of likely N-dealkylation sites (tertiary alicyclic amines) is 1. The van der Waals surface area contributed by atoms with Crippen LogP contribution in [0.5, 0.6) is 0 Å². The zero-order valence-corrected chi connectivity index (χ0v) is 12.5. The van der Waals surface area contributed by atoms with Crippen molar-refractivity contribution >= 4 is 0 Å². The van der Waals surface area contributed by atoms with Gasteiger partial charge in [0.2, 0.25) is 0 Å². The summed E-state index contributed by atoms with van der Waals surface area (Å²) in [5.41, 5.74) is 0. The van der Waals surface area contributed by atoms with E-state index in [1.807, 2.05) is 0 Å². The molecule has 3 atom stereocenters. The first-order valence-corrected chi connectivity index (χ1v) is 7.46. The Morgan fingerprint density at radius 2 is 1.53 bits per heavy atom. The van der Waals surface area contributed by atoms with E-state index in [0.29, 0.717) is 12.1 Å². The average molecular weight is 238 g/mol. The van der Waals surface area contributed by atoms with Gasteiger partial charge in [0, 0.05) is 36.8 Å². The molecule has 0 aromatic rings. The maximum absolute atomic E-state index is 2.81. The van der Waals surface area contributed by atoms with Crippen LogP contribution in [-0.4, -0.2) is 46.6 Å². The Morgan fingerprint density at radius 3 is 2.00 bits per heavy atom. The Morgan fingerprint density at radius 1 is 0.882 bits per heavy atom. The van der Waals surface area contributed by atoms with Crippen molar-refractivity contribution in [1.29, 1.82) is 0 Å². The Labute approximate surface area is 107 Å². The third kappa shape index (κ3) is 2.26. The molecule has 17 heavy (non-hydrogen) atoms. The van der Waals surface area contributed by atoms with Gasteiger partial charge in [-0.2, -0.15) is 0 Å². The number of piperazine rings is 1. The van der Waals surface area contributed by atoms with Gasteiger partial charge in [-0.25, -0.2) is 0 Å². The summed E-state index contributed by atoms with van der Waals surface area (Å²) in [6, 6.07) is 3.78. The lowest BCUT2D eigenvalue weighted by atomic mass is 9.90. The zero-order chi connectivity index (χ0) is 12.7. The summed E-state index contributed by atoms with van der Waals surface area (Å²) in [4.78, 5) is 5.58. The highest BCUT2D eigenvalue weighted by molar-refractivity contribution is 5.04. The largest absolute Gasteiger partial charge is 0.295 e. The van der Waals surface area contributed by atoms with E-state index < -0.39 is 0 Å². The van der Waals surface area contributed by atoms with E-state index in [-0.39, 0.29) is 0 Å². The van der Waals surface area contributed by atoms with Crippen molar-refractivity contribution in [3.05, 3.63) is 0 Å². The van der Waals surface area contributed by atoms with Gasteiger partial charge in [-0.1, -0.05) is 13.8 Å². The molecule has 2 aliphatic rings. The van der Waals surface area contributed by atoms with E-state index >= 15 is 0 Å². The molecule has 2 bridgehead atoms. The van der Waals surface area contributed by atoms with Crippen LogP contribution in [0.1, 0.15) is 54.4 Å². The fraction of sp³-hybridized carbons (Fsp3) is 1.00. The van der Waals surface area contributed by atoms with E-state index in [1.54, 1.807) is 0 Å². The fourth-order valence-corrected chi connectivity index (χ4v) is 4.24. The Hall–Kier alpha value is -0.0800. The van der Waals surface area contributed by atoms with Crippen LogP contribution in [0.25, 0.3) is 0 Å². The summed E-state index contributed by atoms with van der Waals surface area (Å²) in [5, 5.41) is 0. The number of hydrogen-bond donors (Lipinski definition) is 0. The number of nitrogens with zero attached hydrogens (tertiary/aromatic N) is 2. The van der Waals surface area contributed by atoms with Gasteiger partial charge in [0.25, 0.3) is 0 Å². The van der Waals surface area contributed by atoms with Crippen LogP contribution in [0.3, 0.4) is 0 Å². The van der Waals surface area contributed by atoms with Crippen LogP contribution >= 0.6 is 0 Å². The lowest BCUT2D eigenvalue weighted by Gasteiger charge is -2.52. The second-order valence-corrected chi connectivity index (χ2v) is 6.86. The Bertz CT molecular complexity index is 260. The molecule has 0 spiro atoms. The maximum Gasteiger partial charge on any atom is 0.0278 e. The molecule has 2 heteroatoms. The quantitative estimate of drug-likeness (QED) is 0.746. The monoisotopic (exact) mass is 238 g/mol. The SMILES string of the molecule is CC(C)C1[C@H]2CC[C@@H](CN1C(C)C)N2C(C)C. The first kappa shape index (κ1) is 13.4. The van der Waals surface area contributed by atoms with E-state index in [4.69, 9.17) is 0 Å². The summed E-state index contributed by atoms with van der Waals surface area (Å²) in [6.07, 6.45) is 2.82. The van der Waals surface area contributed by atoms with E-state index in [2.05, 4.69) is 51.3 Å². The summed E-state index contributed by atoms with van der Waals surface area (Å²) < 4.78 is 0. The summed E-state index contributed by atoms with van der Waals surface area (Å²) in [7, 11) is 0. The molecule has 0 amide bonds. The maximum atomic E-state index is 2.81. The highest BCUT2D eigenvalue weighted by atomic mass is 15.4. The lowest BCUT2D eigenvalue weighted by molar-refractivity contribution is -0.0352. The number of fused-ring (bicyclic) bond motifs is 2. The zero-order valence-electron chi connectivity index (χ0n) is 12.5. The van der Waals surface area contributed by atoms with Gasteiger partial charge in [0.1, 0.15) is 0 Å². The minimum absolute atomic E-state index is 0.694. The van der Waals surface area contributed by atoms with Gasteiger partial charge in [-0.15, -0.1) is 0 Å². The second kappa shape index (κ2) is 4.89. The summed E-state index contributed by atoms with van der Waals surface area (Å²) in [6.45, 7) is 15.5. The van der Waals surface area contributed by atoms with Gasteiger partial charge < -0.3 is 0 Å². The van der Waals surface area contributed by atoms with Gasteiger partial charge in [-0.3, -0.25) is 9.80 Å². The molecule has 0 aliphatic carbocycles. The Balaban J connectivity index is 2.24. The van der Waals surface area contributed by atoms with Crippen LogP contribution in [0, 0.1) is 5.92 Å². The molecule has 2 saturated heterocycles. The molecule has 2 nitrogen and oxygen atoms in total. The molecule has 1 unspecified atom stereocenters. The normalized spacial score (nSPS) is 35.5. The molecule has 0 radical (unpaired) electrons. The third-order valence-electron chi connectivity index (χ3n) is 4.74. The van der Waals surface area contributed by atoms with Gasteiger partial charge in [-0.05, 0) is 46.5 Å². The van der Waals surface area contributed by atoms with E-state index in [0.717, 1.165) is 24.0 Å². The number of hydrogen-bond acceptors (Lipinski definition) is 2. The molecule has 0 saturated carbocycles. The molecule has 0 aromatic heterocycles. The van der Waals surface area contributed by atoms with Crippen molar-refractivity contribution in [2.45, 2.75) is 84.6 Å². The predicted octanol–water partition coefficient (Wildman–Crippen LogP) is 2.98. The first-order valence-electron chi connectivity index (χ1n) is 7.46. The van der Waals surface area contributed by atoms with Crippen molar-refractivity contribution in [3.63, 3.8) is 0 Å². The van der Waals surface area contributed by atoms with Crippen molar-refractivity contribution < 1.29 is 0 Å². The minimum Gasteiger partial charge on any atom is -0.295 e. The van der Waals surface area contributed by atoms with E-state index in [1.165, 1.54) is 19.4 Å². The molecule has 2 heterocycles. The highest BCUT2D eigenvalue weighted by Gasteiger charge is 2.48. The molecule has 0 N–H and O–H groups in total. The molecule has 2 aliphatic heterocycles. The molecule has 2 fully saturated rings. The number of rotatable bonds is 3. The van der Waals surface area contributed by atoms with Crippen molar-refractivity contribution in [2.75, 3.05) is 6.54 Å². The van der Waals surface area contributed by atoms with Gasteiger partial charge >= 0.3 is 0 Å². The van der Waals surface area contributed by atoms with Crippen molar-refractivity contribution in [1.82, 2.24) is 9.80 Å².